The lowest BCUT2D eigenvalue weighted by molar-refractivity contribution is -0.115. The average molecular weight is 261 g/mol. The molecule has 0 saturated carbocycles. The molecule has 0 unspecified atom stereocenters. The molecule has 3 rings (SSSR count). The molecule has 19 heavy (non-hydrogen) atoms. The lowest BCUT2D eigenvalue weighted by atomic mass is 9.91. The van der Waals surface area contributed by atoms with Crippen LogP contribution in [-0.2, 0) is 4.79 Å². The molecule has 0 bridgehead atoms. The van der Waals surface area contributed by atoms with Gasteiger partial charge < -0.3 is 20.6 Å². The van der Waals surface area contributed by atoms with Gasteiger partial charge >= 0.3 is 0 Å². The molecule has 5 heteroatoms. The van der Waals surface area contributed by atoms with Crippen LogP contribution in [0.15, 0.2) is 24.3 Å². The third-order valence-electron chi connectivity index (χ3n) is 3.87. The fourth-order valence-corrected chi connectivity index (χ4v) is 2.85. The number of hydrogen-bond acceptors (Lipinski definition) is 4. The zero-order chi connectivity index (χ0) is 13.3. The molecule has 0 radical (unpaired) electrons. The van der Waals surface area contributed by atoms with Gasteiger partial charge in [0, 0.05) is 6.54 Å². The molecule has 1 aromatic carbocycles. The van der Waals surface area contributed by atoms with E-state index in [1.165, 1.54) is 0 Å². The highest BCUT2D eigenvalue weighted by atomic mass is 16.3. The van der Waals surface area contributed by atoms with E-state index in [1.54, 1.807) is 0 Å². The molecule has 3 N–H and O–H groups in total. The summed E-state index contributed by atoms with van der Waals surface area (Å²) in [5.74, 6) is -0.0174. The number of aliphatic hydroxyl groups is 1. The Labute approximate surface area is 112 Å². The van der Waals surface area contributed by atoms with Crippen LogP contribution in [0, 0.1) is 0 Å². The summed E-state index contributed by atoms with van der Waals surface area (Å²) < 4.78 is 0. The van der Waals surface area contributed by atoms with Crippen LogP contribution in [0.3, 0.4) is 0 Å². The van der Waals surface area contributed by atoms with Gasteiger partial charge in [0.1, 0.15) is 0 Å². The van der Waals surface area contributed by atoms with Crippen molar-refractivity contribution in [2.24, 2.45) is 0 Å². The second-order valence-electron chi connectivity index (χ2n) is 5.40. The van der Waals surface area contributed by atoms with Gasteiger partial charge in [0.05, 0.1) is 23.5 Å². The quantitative estimate of drug-likeness (QED) is 0.728. The minimum absolute atomic E-state index is 0.0174. The summed E-state index contributed by atoms with van der Waals surface area (Å²) >= 11 is 0. The van der Waals surface area contributed by atoms with Crippen LogP contribution in [0.25, 0.3) is 0 Å². The maximum atomic E-state index is 11.7. The van der Waals surface area contributed by atoms with Crippen molar-refractivity contribution in [3.8, 4) is 0 Å². The number of piperidine rings is 1. The summed E-state index contributed by atoms with van der Waals surface area (Å²) in [6.07, 6.45) is 1.46. The highest BCUT2D eigenvalue weighted by Crippen LogP contribution is 2.31. The minimum atomic E-state index is -0.698. The van der Waals surface area contributed by atoms with Crippen LogP contribution in [0.1, 0.15) is 12.8 Å². The summed E-state index contributed by atoms with van der Waals surface area (Å²) in [5.41, 5.74) is 1.13. The number of carbonyl (C=O) groups excluding carboxylic acids is 1. The van der Waals surface area contributed by atoms with Crippen molar-refractivity contribution in [1.29, 1.82) is 0 Å². The van der Waals surface area contributed by atoms with E-state index in [0.29, 0.717) is 13.1 Å². The minimum Gasteiger partial charge on any atom is -0.388 e. The molecule has 5 nitrogen and oxygen atoms in total. The van der Waals surface area contributed by atoms with Gasteiger partial charge in [-0.2, -0.15) is 0 Å². The zero-order valence-corrected chi connectivity index (χ0v) is 10.9. The number of hydrogen-bond donors (Lipinski definition) is 3. The third kappa shape index (κ3) is 2.57. The second kappa shape index (κ2) is 4.83. The first-order chi connectivity index (χ1) is 9.16. The number of benzene rings is 1. The standard InChI is InChI=1S/C14H19N3O2/c18-13-9-17(10-14(19)5-7-15-8-6-14)12-4-2-1-3-11(12)16-13/h1-4,15,19H,5-10H2,(H,16,18). The Kier molecular flexibility index (Phi) is 3.16. The number of fused-ring (bicyclic) bond motifs is 1. The number of rotatable bonds is 2. The van der Waals surface area contributed by atoms with Crippen molar-refractivity contribution in [3.05, 3.63) is 24.3 Å². The largest absolute Gasteiger partial charge is 0.388 e. The number of nitrogens with one attached hydrogen (secondary N) is 2. The van der Waals surface area contributed by atoms with Crippen LogP contribution in [-0.4, -0.2) is 42.8 Å². The number of carbonyl (C=O) groups is 1. The SMILES string of the molecule is O=C1CN(CC2(O)CCNCC2)c2ccccc2N1. The van der Waals surface area contributed by atoms with E-state index in [1.807, 2.05) is 29.2 Å². The van der Waals surface area contributed by atoms with Crippen molar-refractivity contribution in [2.75, 3.05) is 36.4 Å². The first-order valence-corrected chi connectivity index (χ1v) is 6.73. The van der Waals surface area contributed by atoms with E-state index in [-0.39, 0.29) is 5.91 Å². The molecule has 1 saturated heterocycles. The molecule has 1 amide bonds. The Morgan fingerprint density at radius 2 is 2.00 bits per heavy atom. The molecular weight excluding hydrogens is 242 g/mol. The molecule has 0 aliphatic carbocycles. The average Bonchev–Trinajstić information content (AvgIpc) is 2.39. The Bertz CT molecular complexity index is 483. The van der Waals surface area contributed by atoms with Gasteiger partial charge in [-0.05, 0) is 38.1 Å². The van der Waals surface area contributed by atoms with Crippen molar-refractivity contribution >= 4 is 17.3 Å². The molecule has 0 atom stereocenters. The predicted octanol–water partition coefficient (Wildman–Crippen LogP) is 0.560. The van der Waals surface area contributed by atoms with E-state index < -0.39 is 5.60 Å². The van der Waals surface area contributed by atoms with E-state index in [0.717, 1.165) is 37.3 Å². The maximum Gasteiger partial charge on any atom is 0.243 e. The Morgan fingerprint density at radius 3 is 2.79 bits per heavy atom. The molecule has 2 aliphatic heterocycles. The van der Waals surface area contributed by atoms with Crippen LogP contribution in [0.5, 0.6) is 0 Å². The molecule has 2 heterocycles. The Balaban J connectivity index is 1.82. The van der Waals surface area contributed by atoms with Gasteiger partial charge in [0.15, 0.2) is 0 Å². The first kappa shape index (κ1) is 12.4. The smallest absolute Gasteiger partial charge is 0.243 e. The van der Waals surface area contributed by atoms with Crippen LogP contribution >= 0.6 is 0 Å². The monoisotopic (exact) mass is 261 g/mol. The van der Waals surface area contributed by atoms with Crippen molar-refractivity contribution in [2.45, 2.75) is 18.4 Å². The molecule has 0 spiro atoms. The normalized spacial score (nSPS) is 21.7. The predicted molar refractivity (Wildman–Crippen MR) is 74.3 cm³/mol. The summed E-state index contributed by atoms with van der Waals surface area (Å²) in [6.45, 7) is 2.49. The molecule has 102 valence electrons. The fourth-order valence-electron chi connectivity index (χ4n) is 2.85. The van der Waals surface area contributed by atoms with Gasteiger partial charge in [0.2, 0.25) is 5.91 Å². The summed E-state index contributed by atoms with van der Waals surface area (Å²) in [7, 11) is 0. The second-order valence-corrected chi connectivity index (χ2v) is 5.40. The van der Waals surface area contributed by atoms with E-state index in [9.17, 15) is 9.90 Å². The van der Waals surface area contributed by atoms with Gasteiger partial charge in [-0.25, -0.2) is 0 Å². The molecule has 2 aliphatic rings. The van der Waals surface area contributed by atoms with E-state index >= 15 is 0 Å². The van der Waals surface area contributed by atoms with Crippen molar-refractivity contribution in [1.82, 2.24) is 5.32 Å². The topological polar surface area (TPSA) is 64.6 Å². The van der Waals surface area contributed by atoms with Crippen molar-refractivity contribution in [3.63, 3.8) is 0 Å². The highest BCUT2D eigenvalue weighted by Gasteiger charge is 2.34. The lowest BCUT2D eigenvalue weighted by Gasteiger charge is -2.40. The molecule has 1 aromatic rings. The summed E-state index contributed by atoms with van der Waals surface area (Å²) in [4.78, 5) is 13.7. The Hall–Kier alpha value is -1.59. The lowest BCUT2D eigenvalue weighted by Crippen LogP contribution is -2.52. The zero-order valence-electron chi connectivity index (χ0n) is 10.9. The molecule has 1 fully saturated rings. The van der Waals surface area contributed by atoms with Crippen molar-refractivity contribution < 1.29 is 9.90 Å². The third-order valence-corrected chi connectivity index (χ3v) is 3.87. The number of anilines is 2. The maximum absolute atomic E-state index is 11.7. The van der Waals surface area contributed by atoms with E-state index in [2.05, 4.69) is 10.6 Å². The van der Waals surface area contributed by atoms with Crippen LogP contribution < -0.4 is 15.5 Å². The van der Waals surface area contributed by atoms with Gasteiger partial charge in [0.25, 0.3) is 0 Å². The molecular formula is C14H19N3O2. The number of nitrogens with zero attached hydrogens (tertiary/aromatic N) is 1. The van der Waals surface area contributed by atoms with Crippen LogP contribution in [0.2, 0.25) is 0 Å². The summed E-state index contributed by atoms with van der Waals surface area (Å²) in [6, 6.07) is 7.74. The Morgan fingerprint density at radius 1 is 1.26 bits per heavy atom. The number of para-hydroxylation sites is 2. The van der Waals surface area contributed by atoms with E-state index in [4.69, 9.17) is 0 Å². The van der Waals surface area contributed by atoms with Crippen LogP contribution in [0.4, 0.5) is 11.4 Å². The number of β-amino-alcohol motifs (C(OH)–C–C–N with tert-alkyl or cyclic N) is 1. The highest BCUT2D eigenvalue weighted by molar-refractivity contribution is 6.01. The van der Waals surface area contributed by atoms with Gasteiger partial charge in [-0.15, -0.1) is 0 Å². The molecule has 0 aromatic heterocycles. The number of amides is 1. The fraction of sp³-hybridized carbons (Fsp3) is 0.500. The van der Waals surface area contributed by atoms with Gasteiger partial charge in [-0.3, -0.25) is 4.79 Å². The summed E-state index contributed by atoms with van der Waals surface area (Å²) in [5, 5.41) is 16.7. The first-order valence-electron chi connectivity index (χ1n) is 6.73. The van der Waals surface area contributed by atoms with Gasteiger partial charge in [-0.1, -0.05) is 12.1 Å².